The molecule has 0 aliphatic heterocycles. The Morgan fingerprint density at radius 3 is 2.32 bits per heavy atom. The number of benzene rings is 3. The van der Waals surface area contributed by atoms with Crippen molar-refractivity contribution in [3.05, 3.63) is 89.2 Å². The second-order valence-corrected chi connectivity index (χ2v) is 10.4. The summed E-state index contributed by atoms with van der Waals surface area (Å²) in [7, 11) is -1.39. The summed E-state index contributed by atoms with van der Waals surface area (Å²) in [6.45, 7) is 0.579. The number of anilines is 1. The maximum Gasteiger partial charge on any atom is 0.264 e. The zero-order chi connectivity index (χ0) is 27.2. The maximum atomic E-state index is 14.4. The van der Waals surface area contributed by atoms with Crippen LogP contribution in [0.2, 0.25) is 5.02 Å². The Morgan fingerprint density at radius 2 is 1.73 bits per heavy atom. The molecule has 3 rings (SSSR count). The van der Waals surface area contributed by atoms with Crippen molar-refractivity contribution in [3.63, 3.8) is 0 Å². The zero-order valence-corrected chi connectivity index (χ0v) is 22.1. The van der Waals surface area contributed by atoms with Crippen molar-refractivity contribution in [2.75, 3.05) is 25.0 Å². The number of hydrogen-bond acceptors (Lipinski definition) is 5. The summed E-state index contributed by atoms with van der Waals surface area (Å²) in [5.41, 5.74) is 0.328. The van der Waals surface area contributed by atoms with Crippen molar-refractivity contribution in [1.29, 1.82) is 0 Å². The summed E-state index contributed by atoms with van der Waals surface area (Å²) in [6.07, 6.45) is 0. The predicted molar refractivity (Wildman–Crippen MR) is 139 cm³/mol. The Bertz CT molecular complexity index is 1370. The van der Waals surface area contributed by atoms with E-state index in [0.717, 1.165) is 9.21 Å². The van der Waals surface area contributed by atoms with Gasteiger partial charge in [0, 0.05) is 24.2 Å². The Balaban J connectivity index is 2.04. The molecule has 0 aromatic heterocycles. The molecule has 0 aliphatic carbocycles. The molecule has 11 heteroatoms. The van der Waals surface area contributed by atoms with E-state index in [-0.39, 0.29) is 27.7 Å². The van der Waals surface area contributed by atoms with Gasteiger partial charge in [0.1, 0.15) is 24.2 Å². The van der Waals surface area contributed by atoms with Crippen LogP contribution in [0.15, 0.2) is 77.7 Å². The summed E-state index contributed by atoms with van der Waals surface area (Å²) in [5, 5.41) is 2.74. The van der Waals surface area contributed by atoms with E-state index in [1.165, 1.54) is 75.7 Å². The topological polar surface area (TPSA) is 96.0 Å². The molecule has 2 amide bonds. The molecule has 196 valence electrons. The lowest BCUT2D eigenvalue weighted by atomic mass is 10.1. The van der Waals surface area contributed by atoms with Crippen molar-refractivity contribution in [2.24, 2.45) is 0 Å². The normalized spacial score (nSPS) is 11.9. The van der Waals surface area contributed by atoms with Crippen LogP contribution in [0.1, 0.15) is 12.5 Å². The SMILES string of the molecule is CNC(=O)[C@@H](C)N(Cc1ccccc1F)C(=O)CN(c1cccc(Cl)c1)S(=O)(=O)c1ccc(OC)cc1. The number of hydrogen-bond donors (Lipinski definition) is 1. The Morgan fingerprint density at radius 1 is 1.05 bits per heavy atom. The molecule has 0 aliphatic rings. The standard InChI is InChI=1S/C26H27ClFN3O5S/c1-18(26(33)29-2)30(16-19-7-4-5-10-24(19)28)25(32)17-31(21-9-6-8-20(27)15-21)37(34,35)23-13-11-22(36-3)12-14-23/h4-15,18H,16-17H2,1-3H3,(H,29,33)/t18-/m1/s1. The van der Waals surface area contributed by atoms with E-state index < -0.39 is 40.2 Å². The molecule has 1 atom stereocenters. The number of nitrogens with one attached hydrogen (secondary N) is 1. The molecule has 0 heterocycles. The molecule has 0 saturated carbocycles. The van der Waals surface area contributed by atoms with Gasteiger partial charge < -0.3 is 15.0 Å². The van der Waals surface area contributed by atoms with Gasteiger partial charge in [0.2, 0.25) is 11.8 Å². The fourth-order valence-electron chi connectivity index (χ4n) is 3.64. The minimum atomic E-state index is -4.26. The van der Waals surface area contributed by atoms with Crippen LogP contribution >= 0.6 is 11.6 Å². The first-order valence-electron chi connectivity index (χ1n) is 11.2. The van der Waals surface area contributed by atoms with Crippen LogP contribution in [0.4, 0.5) is 10.1 Å². The summed E-state index contributed by atoms with van der Waals surface area (Å²) < 4.78 is 47.9. The molecule has 0 radical (unpaired) electrons. The van der Waals surface area contributed by atoms with Gasteiger partial charge in [-0.1, -0.05) is 35.9 Å². The smallest absolute Gasteiger partial charge is 0.264 e. The number of amides is 2. The van der Waals surface area contributed by atoms with E-state index in [9.17, 15) is 22.4 Å². The first-order valence-corrected chi connectivity index (χ1v) is 13.1. The van der Waals surface area contributed by atoms with Gasteiger partial charge in [0.25, 0.3) is 10.0 Å². The third-order valence-corrected chi connectivity index (χ3v) is 7.76. The van der Waals surface area contributed by atoms with Crippen LogP contribution in [-0.2, 0) is 26.2 Å². The number of sulfonamides is 1. The molecule has 0 bridgehead atoms. The van der Waals surface area contributed by atoms with Gasteiger partial charge in [-0.05, 0) is 55.5 Å². The van der Waals surface area contributed by atoms with Crippen molar-refractivity contribution < 1.29 is 27.1 Å². The molecule has 0 spiro atoms. The van der Waals surface area contributed by atoms with E-state index in [1.807, 2.05) is 0 Å². The van der Waals surface area contributed by atoms with Crippen LogP contribution in [0.5, 0.6) is 5.75 Å². The highest BCUT2D eigenvalue weighted by Gasteiger charge is 2.32. The van der Waals surface area contributed by atoms with E-state index in [4.69, 9.17) is 16.3 Å². The highest BCUT2D eigenvalue weighted by atomic mass is 35.5. The molecule has 1 N–H and O–H groups in total. The molecule has 0 fully saturated rings. The van der Waals surface area contributed by atoms with Crippen molar-refractivity contribution >= 4 is 39.1 Å². The fraction of sp³-hybridized carbons (Fsp3) is 0.231. The number of halogens is 2. The number of carbonyl (C=O) groups is 2. The zero-order valence-electron chi connectivity index (χ0n) is 20.5. The van der Waals surface area contributed by atoms with E-state index in [0.29, 0.717) is 5.75 Å². The average Bonchev–Trinajstić information content (AvgIpc) is 2.90. The van der Waals surface area contributed by atoms with Gasteiger partial charge in [-0.2, -0.15) is 0 Å². The molecule has 0 unspecified atom stereocenters. The molecular formula is C26H27ClFN3O5S. The lowest BCUT2D eigenvalue weighted by Crippen LogP contribution is -2.50. The number of likely N-dealkylation sites (N-methyl/N-ethyl adjacent to an activating group) is 1. The Hall–Kier alpha value is -3.63. The average molecular weight is 548 g/mol. The van der Waals surface area contributed by atoms with Gasteiger partial charge >= 0.3 is 0 Å². The van der Waals surface area contributed by atoms with Crippen LogP contribution < -0.4 is 14.4 Å². The van der Waals surface area contributed by atoms with Gasteiger partial charge in [0.15, 0.2) is 0 Å². The monoisotopic (exact) mass is 547 g/mol. The van der Waals surface area contributed by atoms with E-state index in [1.54, 1.807) is 18.2 Å². The molecule has 3 aromatic carbocycles. The largest absolute Gasteiger partial charge is 0.497 e. The molecule has 0 saturated heterocycles. The lowest BCUT2D eigenvalue weighted by molar-refractivity contribution is -0.139. The van der Waals surface area contributed by atoms with Crippen LogP contribution in [0.25, 0.3) is 0 Å². The number of rotatable bonds is 10. The van der Waals surface area contributed by atoms with Gasteiger partial charge in [-0.15, -0.1) is 0 Å². The number of carbonyl (C=O) groups excluding carboxylic acids is 2. The number of nitrogens with zero attached hydrogens (tertiary/aromatic N) is 2. The second-order valence-electron chi connectivity index (χ2n) is 8.07. The summed E-state index contributed by atoms with van der Waals surface area (Å²) in [6, 6.07) is 16.6. The summed E-state index contributed by atoms with van der Waals surface area (Å²) in [5.74, 6) is -1.30. The minimum absolute atomic E-state index is 0.0823. The van der Waals surface area contributed by atoms with Crippen LogP contribution in [0, 0.1) is 5.82 Å². The summed E-state index contributed by atoms with van der Waals surface area (Å²) in [4.78, 5) is 27.1. The number of ether oxygens (including phenoxy) is 1. The van der Waals surface area contributed by atoms with E-state index >= 15 is 0 Å². The van der Waals surface area contributed by atoms with Crippen molar-refractivity contribution in [1.82, 2.24) is 10.2 Å². The van der Waals surface area contributed by atoms with Crippen molar-refractivity contribution in [2.45, 2.75) is 24.4 Å². The van der Waals surface area contributed by atoms with Gasteiger partial charge in [-0.25, -0.2) is 12.8 Å². The third-order valence-electron chi connectivity index (χ3n) is 5.73. The van der Waals surface area contributed by atoms with Crippen LogP contribution in [0.3, 0.4) is 0 Å². The van der Waals surface area contributed by atoms with Gasteiger partial charge in [-0.3, -0.25) is 13.9 Å². The first kappa shape index (κ1) is 27.9. The van der Waals surface area contributed by atoms with E-state index in [2.05, 4.69) is 5.32 Å². The molecular weight excluding hydrogens is 521 g/mol. The predicted octanol–water partition coefficient (Wildman–Crippen LogP) is 3.85. The minimum Gasteiger partial charge on any atom is -0.497 e. The highest BCUT2D eigenvalue weighted by molar-refractivity contribution is 7.92. The maximum absolute atomic E-state index is 14.4. The quantitative estimate of drug-likeness (QED) is 0.416. The molecule has 8 nitrogen and oxygen atoms in total. The third kappa shape index (κ3) is 6.58. The lowest BCUT2D eigenvalue weighted by Gasteiger charge is -2.31. The van der Waals surface area contributed by atoms with Gasteiger partial charge in [0.05, 0.1) is 17.7 Å². The second kappa shape index (κ2) is 12.1. The molecule has 3 aromatic rings. The highest BCUT2D eigenvalue weighted by Crippen LogP contribution is 2.28. The molecule has 37 heavy (non-hydrogen) atoms. The van der Waals surface area contributed by atoms with Crippen molar-refractivity contribution in [3.8, 4) is 5.75 Å². The number of methoxy groups -OCH3 is 1. The van der Waals surface area contributed by atoms with Crippen LogP contribution in [-0.4, -0.2) is 51.9 Å². The fourth-order valence-corrected chi connectivity index (χ4v) is 5.23. The first-order chi connectivity index (χ1) is 17.6. The summed E-state index contributed by atoms with van der Waals surface area (Å²) >= 11 is 6.13. The Kier molecular flexibility index (Phi) is 9.12. The Labute approximate surface area is 220 Å².